The number of aryl methyl sites for hydroxylation is 1. The second-order valence-corrected chi connectivity index (χ2v) is 11.6. The number of rotatable bonds is 10. The molecule has 1 atom stereocenters. The fourth-order valence-electron chi connectivity index (χ4n) is 4.68. The Hall–Kier alpha value is -2.77. The van der Waals surface area contributed by atoms with E-state index in [2.05, 4.69) is 18.2 Å². The van der Waals surface area contributed by atoms with Crippen molar-refractivity contribution >= 4 is 21.5 Å². The summed E-state index contributed by atoms with van der Waals surface area (Å²) in [6.45, 7) is 0.734. The van der Waals surface area contributed by atoms with E-state index in [1.807, 2.05) is 60.7 Å². The van der Waals surface area contributed by atoms with Gasteiger partial charge in [0.15, 0.2) is 9.84 Å². The van der Waals surface area contributed by atoms with Crippen LogP contribution in [-0.4, -0.2) is 33.9 Å². The van der Waals surface area contributed by atoms with Gasteiger partial charge in [0.05, 0.1) is 22.8 Å². The van der Waals surface area contributed by atoms with Crippen LogP contribution in [0.2, 0.25) is 0 Å². The SMILES string of the molecule is NCC(N)(CCOCCS(=O)(=O)c1ccc2c(c1)/C=C(/c1ccccc1)CCCC2)c1ccccc1. The van der Waals surface area contributed by atoms with E-state index < -0.39 is 15.4 Å². The Kier molecular flexibility index (Phi) is 8.75. The van der Waals surface area contributed by atoms with E-state index >= 15 is 0 Å². The molecule has 1 aliphatic carbocycles. The van der Waals surface area contributed by atoms with Crippen molar-refractivity contribution in [3.63, 3.8) is 0 Å². The third-order valence-corrected chi connectivity index (χ3v) is 8.67. The van der Waals surface area contributed by atoms with Gasteiger partial charge in [0.2, 0.25) is 0 Å². The zero-order valence-corrected chi connectivity index (χ0v) is 21.6. The maximum absolute atomic E-state index is 13.1. The summed E-state index contributed by atoms with van der Waals surface area (Å²) in [7, 11) is -3.48. The van der Waals surface area contributed by atoms with Gasteiger partial charge in [-0.15, -0.1) is 0 Å². The molecular formula is C30H36N2O3S. The fraction of sp³-hybridized carbons (Fsp3) is 0.333. The number of benzene rings is 3. The summed E-state index contributed by atoms with van der Waals surface area (Å²) in [6.07, 6.45) is 6.83. The summed E-state index contributed by atoms with van der Waals surface area (Å²) in [5.41, 5.74) is 17.3. The Bertz CT molecular complexity index is 1270. The molecule has 0 amide bonds. The number of sulfone groups is 1. The minimum atomic E-state index is -3.48. The van der Waals surface area contributed by atoms with Gasteiger partial charge in [-0.25, -0.2) is 8.42 Å². The zero-order chi connectivity index (χ0) is 25.4. The molecule has 0 heterocycles. The van der Waals surface area contributed by atoms with Crippen molar-refractivity contribution in [3.8, 4) is 0 Å². The standard InChI is InChI=1S/C30H36N2O3S/c31-23-30(32,28-13-5-2-6-14-28)17-18-35-19-20-36(33,34)29-16-15-25-11-7-8-12-26(21-27(25)22-29)24-9-3-1-4-10-24/h1-6,9-10,13-16,21-22H,7-8,11-12,17-20,23,31-32H2/b26-21+. The van der Waals surface area contributed by atoms with Crippen molar-refractivity contribution in [2.24, 2.45) is 11.5 Å². The summed E-state index contributed by atoms with van der Waals surface area (Å²) in [4.78, 5) is 0.341. The largest absolute Gasteiger partial charge is 0.380 e. The van der Waals surface area contributed by atoms with Gasteiger partial charge >= 0.3 is 0 Å². The third kappa shape index (κ3) is 6.51. The summed E-state index contributed by atoms with van der Waals surface area (Å²) in [5.74, 6) is -0.0768. The number of ether oxygens (including phenoxy) is 1. The van der Waals surface area contributed by atoms with E-state index in [4.69, 9.17) is 16.2 Å². The first kappa shape index (κ1) is 26.3. The predicted octanol–water partition coefficient (Wildman–Crippen LogP) is 4.95. The lowest BCUT2D eigenvalue weighted by Gasteiger charge is -2.28. The molecule has 0 aliphatic heterocycles. The molecule has 0 bridgehead atoms. The first-order chi connectivity index (χ1) is 17.4. The molecule has 4 N–H and O–H groups in total. The number of allylic oxidation sites excluding steroid dienone is 1. The topological polar surface area (TPSA) is 95.4 Å². The number of hydrogen-bond acceptors (Lipinski definition) is 5. The normalized spacial score (nSPS) is 17.2. The van der Waals surface area contributed by atoms with Crippen LogP contribution in [0.15, 0.2) is 83.8 Å². The highest BCUT2D eigenvalue weighted by Crippen LogP contribution is 2.30. The average molecular weight is 505 g/mol. The van der Waals surface area contributed by atoms with Crippen LogP contribution in [0.25, 0.3) is 11.6 Å². The minimum Gasteiger partial charge on any atom is -0.380 e. The molecule has 6 heteroatoms. The molecular weight excluding hydrogens is 468 g/mol. The van der Waals surface area contributed by atoms with E-state index in [9.17, 15) is 8.42 Å². The third-order valence-electron chi connectivity index (χ3n) is 6.99. The number of hydrogen-bond donors (Lipinski definition) is 2. The second-order valence-electron chi connectivity index (χ2n) is 9.51. The van der Waals surface area contributed by atoms with Crippen LogP contribution in [0.4, 0.5) is 0 Å². The monoisotopic (exact) mass is 504 g/mol. The van der Waals surface area contributed by atoms with E-state index in [1.54, 1.807) is 6.07 Å². The van der Waals surface area contributed by atoms with Gasteiger partial charge in [0.25, 0.3) is 0 Å². The highest BCUT2D eigenvalue weighted by molar-refractivity contribution is 7.91. The zero-order valence-electron chi connectivity index (χ0n) is 20.7. The number of nitrogens with two attached hydrogens (primary N) is 2. The summed E-state index contributed by atoms with van der Waals surface area (Å²) in [6, 6.07) is 25.6. The van der Waals surface area contributed by atoms with Crippen molar-refractivity contribution in [1.29, 1.82) is 0 Å². The van der Waals surface area contributed by atoms with Crippen molar-refractivity contribution < 1.29 is 13.2 Å². The van der Waals surface area contributed by atoms with Crippen molar-refractivity contribution in [2.75, 3.05) is 25.5 Å². The average Bonchev–Trinajstić information content (AvgIpc) is 2.89. The van der Waals surface area contributed by atoms with Crippen LogP contribution in [0.3, 0.4) is 0 Å². The van der Waals surface area contributed by atoms with E-state index in [0.717, 1.165) is 36.8 Å². The van der Waals surface area contributed by atoms with Crippen LogP contribution in [0, 0.1) is 0 Å². The summed E-state index contributed by atoms with van der Waals surface area (Å²) >= 11 is 0. The minimum absolute atomic E-state index is 0.0768. The van der Waals surface area contributed by atoms with Gasteiger partial charge in [0, 0.05) is 13.2 Å². The van der Waals surface area contributed by atoms with E-state index in [-0.39, 0.29) is 18.9 Å². The van der Waals surface area contributed by atoms with E-state index in [1.165, 1.54) is 16.7 Å². The highest BCUT2D eigenvalue weighted by Gasteiger charge is 2.25. The van der Waals surface area contributed by atoms with E-state index in [0.29, 0.717) is 17.9 Å². The van der Waals surface area contributed by atoms with Crippen LogP contribution >= 0.6 is 0 Å². The molecule has 0 saturated carbocycles. The molecule has 0 saturated heterocycles. The van der Waals surface area contributed by atoms with Crippen LogP contribution in [0.5, 0.6) is 0 Å². The molecule has 190 valence electrons. The van der Waals surface area contributed by atoms with Gasteiger partial charge in [-0.3, -0.25) is 0 Å². The lowest BCUT2D eigenvalue weighted by atomic mass is 9.88. The first-order valence-corrected chi connectivity index (χ1v) is 14.3. The molecule has 1 unspecified atom stereocenters. The summed E-state index contributed by atoms with van der Waals surface area (Å²) < 4.78 is 31.9. The molecule has 1 aliphatic rings. The lowest BCUT2D eigenvalue weighted by molar-refractivity contribution is 0.127. The van der Waals surface area contributed by atoms with Crippen molar-refractivity contribution in [1.82, 2.24) is 0 Å². The van der Waals surface area contributed by atoms with Crippen LogP contribution in [0.1, 0.15) is 47.9 Å². The molecule has 5 nitrogen and oxygen atoms in total. The maximum Gasteiger partial charge on any atom is 0.180 e. The second kappa shape index (κ2) is 12.0. The molecule has 0 fully saturated rings. The van der Waals surface area contributed by atoms with Gasteiger partial charge in [0.1, 0.15) is 0 Å². The fourth-order valence-corrected chi connectivity index (χ4v) is 5.83. The van der Waals surface area contributed by atoms with Crippen LogP contribution in [-0.2, 0) is 26.5 Å². The Morgan fingerprint density at radius 3 is 2.28 bits per heavy atom. The molecule has 3 aromatic carbocycles. The Balaban J connectivity index is 1.41. The van der Waals surface area contributed by atoms with Gasteiger partial charge in [-0.1, -0.05) is 72.8 Å². The highest BCUT2D eigenvalue weighted by atomic mass is 32.2. The summed E-state index contributed by atoms with van der Waals surface area (Å²) in [5, 5.41) is 0. The smallest absolute Gasteiger partial charge is 0.180 e. The first-order valence-electron chi connectivity index (χ1n) is 12.7. The molecule has 0 radical (unpaired) electrons. The quantitative estimate of drug-likeness (QED) is 0.381. The van der Waals surface area contributed by atoms with Crippen molar-refractivity contribution in [2.45, 2.75) is 42.5 Å². The molecule has 4 rings (SSSR count). The van der Waals surface area contributed by atoms with Gasteiger partial charge < -0.3 is 16.2 Å². The Morgan fingerprint density at radius 1 is 0.861 bits per heavy atom. The van der Waals surface area contributed by atoms with Crippen LogP contribution < -0.4 is 11.5 Å². The lowest BCUT2D eigenvalue weighted by Crippen LogP contribution is -2.45. The Morgan fingerprint density at radius 2 is 1.56 bits per heavy atom. The van der Waals surface area contributed by atoms with Crippen molar-refractivity contribution in [3.05, 3.63) is 101 Å². The molecule has 0 aromatic heterocycles. The molecule has 0 spiro atoms. The molecule has 3 aromatic rings. The molecule has 36 heavy (non-hydrogen) atoms. The predicted molar refractivity (Wildman–Crippen MR) is 147 cm³/mol. The number of fused-ring (bicyclic) bond motifs is 1. The maximum atomic E-state index is 13.1. The Labute approximate surface area is 215 Å². The van der Waals surface area contributed by atoms with Gasteiger partial charge in [-0.2, -0.15) is 0 Å². The van der Waals surface area contributed by atoms with Gasteiger partial charge in [-0.05, 0) is 72.1 Å².